The number of nitrogens with zero attached hydrogens (tertiary/aromatic N) is 1. The molecule has 0 amide bonds. The first kappa shape index (κ1) is 19.1. The van der Waals surface area contributed by atoms with E-state index in [0.717, 1.165) is 17.0 Å². The standard InChI is InChI=1S/C21H22N2O3/c1-3-26-20(24)10-7-15-21(16-22,17-8-5-4-6-9-17)23-18-11-13-19(25-2)14-12-18/h4-14,23H,3,15H2,1-2H3/b10-7+. The molecular weight excluding hydrogens is 328 g/mol. The maximum Gasteiger partial charge on any atom is 0.330 e. The van der Waals surface area contributed by atoms with Crippen LogP contribution < -0.4 is 10.1 Å². The van der Waals surface area contributed by atoms with Gasteiger partial charge in [0.15, 0.2) is 5.54 Å². The van der Waals surface area contributed by atoms with Crippen molar-refractivity contribution in [3.63, 3.8) is 0 Å². The molecule has 0 aliphatic heterocycles. The minimum absolute atomic E-state index is 0.304. The monoisotopic (exact) mass is 350 g/mol. The third-order valence-corrected chi connectivity index (χ3v) is 3.87. The molecule has 0 bridgehead atoms. The second kappa shape index (κ2) is 9.28. The highest BCUT2D eigenvalue weighted by atomic mass is 16.5. The van der Waals surface area contributed by atoms with Gasteiger partial charge in [-0.25, -0.2) is 4.79 Å². The number of carbonyl (C=O) groups is 1. The number of nitriles is 1. The van der Waals surface area contributed by atoms with Gasteiger partial charge < -0.3 is 14.8 Å². The van der Waals surface area contributed by atoms with Crippen molar-refractivity contribution in [2.24, 2.45) is 0 Å². The summed E-state index contributed by atoms with van der Waals surface area (Å²) in [5, 5.41) is 13.3. The van der Waals surface area contributed by atoms with Gasteiger partial charge in [-0.05, 0) is 36.8 Å². The van der Waals surface area contributed by atoms with Crippen molar-refractivity contribution in [3.8, 4) is 11.8 Å². The topological polar surface area (TPSA) is 71.4 Å². The van der Waals surface area contributed by atoms with Crippen LogP contribution in [0.2, 0.25) is 0 Å². The molecule has 134 valence electrons. The summed E-state index contributed by atoms with van der Waals surface area (Å²) in [6.07, 6.45) is 3.32. The van der Waals surface area contributed by atoms with E-state index in [-0.39, 0.29) is 0 Å². The molecule has 0 fully saturated rings. The van der Waals surface area contributed by atoms with Crippen molar-refractivity contribution in [1.82, 2.24) is 0 Å². The van der Waals surface area contributed by atoms with Gasteiger partial charge in [-0.3, -0.25) is 0 Å². The molecular formula is C21H22N2O3. The molecule has 0 heterocycles. The van der Waals surface area contributed by atoms with Crippen molar-refractivity contribution in [2.45, 2.75) is 18.9 Å². The lowest BCUT2D eigenvalue weighted by atomic mass is 9.87. The Morgan fingerprint density at radius 2 is 1.88 bits per heavy atom. The van der Waals surface area contributed by atoms with Crippen molar-refractivity contribution < 1.29 is 14.3 Å². The van der Waals surface area contributed by atoms with Crippen molar-refractivity contribution in [3.05, 3.63) is 72.3 Å². The molecule has 1 atom stereocenters. The second-order valence-electron chi connectivity index (χ2n) is 5.60. The third kappa shape index (κ3) is 4.87. The Balaban J connectivity index is 2.31. The first-order chi connectivity index (χ1) is 12.6. The molecule has 0 aromatic heterocycles. The van der Waals surface area contributed by atoms with Gasteiger partial charge in [0, 0.05) is 18.2 Å². The number of anilines is 1. The summed E-state index contributed by atoms with van der Waals surface area (Å²) >= 11 is 0. The lowest BCUT2D eigenvalue weighted by Crippen LogP contribution is -2.33. The zero-order chi connectivity index (χ0) is 18.8. The van der Waals surface area contributed by atoms with Crippen LogP contribution in [0.3, 0.4) is 0 Å². The average Bonchev–Trinajstić information content (AvgIpc) is 2.68. The SMILES string of the molecule is CCOC(=O)/C=C/CC(C#N)(Nc1ccc(OC)cc1)c1ccccc1. The van der Waals surface area contributed by atoms with Crippen molar-refractivity contribution >= 4 is 11.7 Å². The Hall–Kier alpha value is -3.26. The molecule has 5 heteroatoms. The molecule has 0 saturated carbocycles. The van der Waals surface area contributed by atoms with Gasteiger partial charge in [0.2, 0.25) is 0 Å². The Bertz CT molecular complexity index is 779. The van der Waals surface area contributed by atoms with Crippen LogP contribution in [0.1, 0.15) is 18.9 Å². The Morgan fingerprint density at radius 1 is 1.19 bits per heavy atom. The lowest BCUT2D eigenvalue weighted by Gasteiger charge is -2.28. The summed E-state index contributed by atoms with van der Waals surface area (Å²) in [6, 6.07) is 19.1. The van der Waals surface area contributed by atoms with Crippen LogP contribution >= 0.6 is 0 Å². The number of esters is 1. The van der Waals surface area contributed by atoms with Crippen LogP contribution in [0.15, 0.2) is 66.7 Å². The predicted octanol–water partition coefficient (Wildman–Crippen LogP) is 4.04. The van der Waals surface area contributed by atoms with Crippen LogP contribution in [-0.2, 0) is 15.1 Å². The molecule has 2 rings (SSSR count). The van der Waals surface area contributed by atoms with E-state index in [2.05, 4.69) is 11.4 Å². The van der Waals surface area contributed by atoms with Crippen LogP contribution in [-0.4, -0.2) is 19.7 Å². The van der Waals surface area contributed by atoms with E-state index in [4.69, 9.17) is 9.47 Å². The molecule has 1 unspecified atom stereocenters. The molecule has 0 radical (unpaired) electrons. The van der Waals surface area contributed by atoms with E-state index in [1.165, 1.54) is 6.08 Å². The fourth-order valence-electron chi connectivity index (χ4n) is 2.54. The number of benzene rings is 2. The number of methoxy groups -OCH3 is 1. The maximum absolute atomic E-state index is 11.6. The third-order valence-electron chi connectivity index (χ3n) is 3.87. The highest BCUT2D eigenvalue weighted by molar-refractivity contribution is 5.81. The van der Waals surface area contributed by atoms with Crippen molar-refractivity contribution in [2.75, 3.05) is 19.0 Å². The van der Waals surface area contributed by atoms with E-state index in [9.17, 15) is 10.1 Å². The summed E-state index contributed by atoms with van der Waals surface area (Å²) in [4.78, 5) is 11.6. The molecule has 0 aliphatic rings. The Kier molecular flexibility index (Phi) is 6.81. The number of nitrogens with one attached hydrogen (secondary N) is 1. The molecule has 0 aliphatic carbocycles. The maximum atomic E-state index is 11.6. The number of carbonyl (C=O) groups excluding carboxylic acids is 1. The number of ether oxygens (including phenoxy) is 2. The summed E-state index contributed by atoms with van der Waals surface area (Å²) in [5.74, 6) is 0.317. The van der Waals surface area contributed by atoms with Gasteiger partial charge in [0.25, 0.3) is 0 Å². The largest absolute Gasteiger partial charge is 0.497 e. The highest BCUT2D eigenvalue weighted by Gasteiger charge is 2.31. The first-order valence-electron chi connectivity index (χ1n) is 8.36. The van der Waals surface area contributed by atoms with E-state index in [0.29, 0.717) is 13.0 Å². The van der Waals surface area contributed by atoms with Gasteiger partial charge in [0.1, 0.15) is 5.75 Å². The Morgan fingerprint density at radius 3 is 2.46 bits per heavy atom. The summed E-state index contributed by atoms with van der Waals surface area (Å²) in [6.45, 7) is 2.07. The van der Waals surface area contributed by atoms with E-state index in [1.54, 1.807) is 20.1 Å². The average molecular weight is 350 g/mol. The fourth-order valence-corrected chi connectivity index (χ4v) is 2.54. The summed E-state index contributed by atoms with van der Waals surface area (Å²) in [5.41, 5.74) is 0.575. The number of hydrogen-bond acceptors (Lipinski definition) is 5. The van der Waals surface area contributed by atoms with Crippen LogP contribution in [0.4, 0.5) is 5.69 Å². The lowest BCUT2D eigenvalue weighted by molar-refractivity contribution is -0.137. The Labute approximate surface area is 153 Å². The number of rotatable bonds is 8. The quantitative estimate of drug-likeness (QED) is 0.575. The minimum atomic E-state index is -1.02. The highest BCUT2D eigenvalue weighted by Crippen LogP contribution is 2.30. The smallest absolute Gasteiger partial charge is 0.330 e. The van der Waals surface area contributed by atoms with E-state index >= 15 is 0 Å². The minimum Gasteiger partial charge on any atom is -0.497 e. The molecule has 1 N–H and O–H groups in total. The van der Waals surface area contributed by atoms with Gasteiger partial charge in [-0.2, -0.15) is 5.26 Å². The van der Waals surface area contributed by atoms with E-state index in [1.807, 2.05) is 54.6 Å². The van der Waals surface area contributed by atoms with Gasteiger partial charge in [-0.15, -0.1) is 0 Å². The van der Waals surface area contributed by atoms with Gasteiger partial charge >= 0.3 is 5.97 Å². The first-order valence-corrected chi connectivity index (χ1v) is 8.36. The zero-order valence-corrected chi connectivity index (χ0v) is 14.9. The second-order valence-corrected chi connectivity index (χ2v) is 5.60. The van der Waals surface area contributed by atoms with Gasteiger partial charge in [0.05, 0.1) is 19.8 Å². The van der Waals surface area contributed by atoms with Crippen LogP contribution in [0.5, 0.6) is 5.75 Å². The molecule has 2 aromatic carbocycles. The van der Waals surface area contributed by atoms with E-state index < -0.39 is 11.5 Å². The van der Waals surface area contributed by atoms with Crippen LogP contribution in [0, 0.1) is 11.3 Å². The molecule has 5 nitrogen and oxygen atoms in total. The predicted molar refractivity (Wildman–Crippen MR) is 101 cm³/mol. The molecule has 0 spiro atoms. The molecule has 26 heavy (non-hydrogen) atoms. The normalized spacial score (nSPS) is 12.8. The molecule has 2 aromatic rings. The van der Waals surface area contributed by atoms with Gasteiger partial charge in [-0.1, -0.05) is 36.4 Å². The summed E-state index contributed by atoms with van der Waals surface area (Å²) in [7, 11) is 1.60. The zero-order valence-electron chi connectivity index (χ0n) is 14.9. The van der Waals surface area contributed by atoms with Crippen molar-refractivity contribution in [1.29, 1.82) is 5.26 Å². The summed E-state index contributed by atoms with van der Waals surface area (Å²) < 4.78 is 10.1. The van der Waals surface area contributed by atoms with Crippen LogP contribution in [0.25, 0.3) is 0 Å². The number of hydrogen-bond donors (Lipinski definition) is 1. The molecule has 0 saturated heterocycles. The fraction of sp³-hybridized carbons (Fsp3) is 0.238.